The van der Waals surface area contributed by atoms with E-state index in [1.54, 1.807) is 12.3 Å². The van der Waals surface area contributed by atoms with Crippen molar-refractivity contribution in [3.05, 3.63) is 46.6 Å². The van der Waals surface area contributed by atoms with Crippen molar-refractivity contribution in [3.8, 4) is 11.5 Å². The summed E-state index contributed by atoms with van der Waals surface area (Å²) in [5.41, 5.74) is 0.610. The number of aromatic nitrogens is 3. The lowest BCUT2D eigenvalue weighted by atomic mass is 10.2. The standard InChI is InChI=1S/C14H9BrFN3O3/c1-21-14(20)11-4-7(6-18-19-11)22-13-9(16)5-10-8(12(13)15)2-3-17-10/h2-6,17H,1H3. The van der Waals surface area contributed by atoms with E-state index in [0.29, 0.717) is 9.99 Å². The van der Waals surface area contributed by atoms with E-state index >= 15 is 0 Å². The summed E-state index contributed by atoms with van der Waals surface area (Å²) in [5.74, 6) is -1.04. The number of carbonyl (C=O) groups excluding carboxylic acids is 1. The second kappa shape index (κ2) is 5.72. The number of nitrogens with zero attached hydrogens (tertiary/aromatic N) is 2. The minimum Gasteiger partial charge on any atom is -0.464 e. The molecule has 2 aromatic heterocycles. The third-order valence-corrected chi connectivity index (χ3v) is 3.73. The van der Waals surface area contributed by atoms with Gasteiger partial charge in [0, 0.05) is 29.2 Å². The van der Waals surface area contributed by atoms with Crippen LogP contribution in [0.5, 0.6) is 11.5 Å². The average molecular weight is 366 g/mol. The highest BCUT2D eigenvalue weighted by Crippen LogP contribution is 2.37. The number of carbonyl (C=O) groups is 1. The van der Waals surface area contributed by atoms with Gasteiger partial charge in [0.25, 0.3) is 0 Å². The topological polar surface area (TPSA) is 77.1 Å². The first kappa shape index (κ1) is 14.5. The molecular weight excluding hydrogens is 357 g/mol. The Balaban J connectivity index is 2.01. The van der Waals surface area contributed by atoms with Gasteiger partial charge in [-0.2, -0.15) is 5.10 Å². The molecule has 1 aromatic carbocycles. The lowest BCUT2D eigenvalue weighted by Gasteiger charge is -2.10. The Morgan fingerprint density at radius 2 is 2.23 bits per heavy atom. The molecule has 2 heterocycles. The molecule has 6 nitrogen and oxygen atoms in total. The van der Waals surface area contributed by atoms with Gasteiger partial charge in [0.15, 0.2) is 17.3 Å². The van der Waals surface area contributed by atoms with E-state index in [-0.39, 0.29) is 17.2 Å². The van der Waals surface area contributed by atoms with Gasteiger partial charge < -0.3 is 14.5 Å². The molecule has 22 heavy (non-hydrogen) atoms. The van der Waals surface area contributed by atoms with E-state index < -0.39 is 11.8 Å². The van der Waals surface area contributed by atoms with Crippen LogP contribution in [-0.2, 0) is 4.74 Å². The smallest absolute Gasteiger partial charge is 0.358 e. The van der Waals surface area contributed by atoms with Gasteiger partial charge >= 0.3 is 5.97 Å². The first-order valence-corrected chi connectivity index (χ1v) is 6.93. The van der Waals surface area contributed by atoms with Gasteiger partial charge in [0.2, 0.25) is 0 Å². The monoisotopic (exact) mass is 365 g/mol. The van der Waals surface area contributed by atoms with Gasteiger partial charge in [-0.25, -0.2) is 9.18 Å². The SMILES string of the molecule is COC(=O)c1cc(Oc2c(F)cc3[nH]ccc3c2Br)cnn1. The summed E-state index contributed by atoms with van der Waals surface area (Å²) in [4.78, 5) is 14.3. The zero-order valence-corrected chi connectivity index (χ0v) is 12.8. The fourth-order valence-electron chi connectivity index (χ4n) is 1.93. The van der Waals surface area contributed by atoms with E-state index in [1.807, 2.05) is 0 Å². The van der Waals surface area contributed by atoms with Gasteiger partial charge in [-0.3, -0.25) is 0 Å². The molecule has 8 heteroatoms. The maximum Gasteiger partial charge on any atom is 0.358 e. The second-order valence-corrected chi connectivity index (χ2v) is 5.10. The van der Waals surface area contributed by atoms with Crippen LogP contribution in [0.1, 0.15) is 10.5 Å². The van der Waals surface area contributed by atoms with Crippen LogP contribution >= 0.6 is 15.9 Å². The highest BCUT2D eigenvalue weighted by molar-refractivity contribution is 9.10. The van der Waals surface area contributed by atoms with E-state index in [4.69, 9.17) is 4.74 Å². The van der Waals surface area contributed by atoms with E-state index in [2.05, 4.69) is 35.8 Å². The third-order valence-electron chi connectivity index (χ3n) is 2.95. The predicted octanol–water partition coefficient (Wildman–Crippen LogP) is 3.44. The van der Waals surface area contributed by atoms with Crippen LogP contribution in [0, 0.1) is 5.82 Å². The van der Waals surface area contributed by atoms with Gasteiger partial charge in [-0.15, -0.1) is 5.10 Å². The molecule has 0 amide bonds. The number of aromatic amines is 1. The summed E-state index contributed by atoms with van der Waals surface area (Å²) in [6, 6.07) is 4.44. The molecule has 0 spiro atoms. The zero-order chi connectivity index (χ0) is 15.7. The largest absolute Gasteiger partial charge is 0.464 e. The van der Waals surface area contributed by atoms with Crippen molar-refractivity contribution in [2.75, 3.05) is 7.11 Å². The van der Waals surface area contributed by atoms with Crippen LogP contribution < -0.4 is 4.74 Å². The number of halogens is 2. The first-order valence-electron chi connectivity index (χ1n) is 6.14. The fourth-order valence-corrected chi connectivity index (χ4v) is 2.55. The molecule has 3 rings (SSSR count). The minimum absolute atomic E-state index is 0.00378. The Bertz CT molecular complexity index is 866. The van der Waals surface area contributed by atoms with Crippen molar-refractivity contribution in [1.29, 1.82) is 0 Å². The molecule has 112 valence electrons. The average Bonchev–Trinajstić information content (AvgIpc) is 2.99. The van der Waals surface area contributed by atoms with Gasteiger partial charge in [0.1, 0.15) is 5.75 Å². The van der Waals surface area contributed by atoms with Gasteiger partial charge in [-0.05, 0) is 22.0 Å². The van der Waals surface area contributed by atoms with Crippen molar-refractivity contribution >= 4 is 32.8 Å². The number of H-pyrrole nitrogens is 1. The number of esters is 1. The number of hydrogen-bond donors (Lipinski definition) is 1. The Labute approximate surface area is 132 Å². The minimum atomic E-state index is -0.654. The van der Waals surface area contributed by atoms with Crippen LogP contribution in [0.3, 0.4) is 0 Å². The van der Waals surface area contributed by atoms with Crippen molar-refractivity contribution in [3.63, 3.8) is 0 Å². The number of rotatable bonds is 3. The molecule has 3 aromatic rings. The summed E-state index contributed by atoms with van der Waals surface area (Å²) in [7, 11) is 1.23. The maximum absolute atomic E-state index is 14.2. The molecule has 0 aliphatic carbocycles. The quantitative estimate of drug-likeness (QED) is 0.719. The van der Waals surface area contributed by atoms with Crippen LogP contribution in [0.2, 0.25) is 0 Å². The molecule has 0 aliphatic rings. The Morgan fingerprint density at radius 1 is 1.41 bits per heavy atom. The van der Waals surface area contributed by atoms with Crippen LogP contribution in [0.15, 0.2) is 35.1 Å². The Hall–Kier alpha value is -2.48. The lowest BCUT2D eigenvalue weighted by molar-refractivity contribution is 0.0592. The van der Waals surface area contributed by atoms with E-state index in [9.17, 15) is 9.18 Å². The van der Waals surface area contributed by atoms with Crippen molar-refractivity contribution in [2.24, 2.45) is 0 Å². The molecule has 0 atom stereocenters. The van der Waals surface area contributed by atoms with Crippen LogP contribution in [0.4, 0.5) is 4.39 Å². The summed E-state index contributed by atoms with van der Waals surface area (Å²) >= 11 is 3.32. The van der Waals surface area contributed by atoms with Gasteiger partial charge in [-0.1, -0.05) is 0 Å². The van der Waals surface area contributed by atoms with Gasteiger partial charge in [0.05, 0.1) is 17.8 Å². The molecule has 0 fully saturated rings. The molecule has 1 N–H and O–H groups in total. The van der Waals surface area contributed by atoms with Crippen molar-refractivity contribution < 1.29 is 18.7 Å². The molecule has 0 saturated heterocycles. The maximum atomic E-state index is 14.2. The molecule has 0 unspecified atom stereocenters. The highest BCUT2D eigenvalue weighted by Gasteiger charge is 2.16. The second-order valence-electron chi connectivity index (χ2n) is 4.31. The predicted molar refractivity (Wildman–Crippen MR) is 79.4 cm³/mol. The number of ether oxygens (including phenoxy) is 2. The van der Waals surface area contributed by atoms with Crippen LogP contribution in [-0.4, -0.2) is 28.3 Å². The fraction of sp³-hybridized carbons (Fsp3) is 0.0714. The van der Waals surface area contributed by atoms with Crippen LogP contribution in [0.25, 0.3) is 10.9 Å². The Morgan fingerprint density at radius 3 is 3.00 bits per heavy atom. The number of methoxy groups -OCH3 is 1. The summed E-state index contributed by atoms with van der Waals surface area (Å²) < 4.78 is 24.7. The van der Waals surface area contributed by atoms with E-state index in [1.165, 1.54) is 25.4 Å². The first-order chi connectivity index (χ1) is 10.6. The molecule has 0 saturated carbocycles. The van der Waals surface area contributed by atoms with E-state index in [0.717, 1.165) is 5.39 Å². The number of nitrogens with one attached hydrogen (secondary N) is 1. The summed E-state index contributed by atoms with van der Waals surface area (Å²) in [5, 5.41) is 8.04. The summed E-state index contributed by atoms with van der Waals surface area (Å²) in [6.07, 6.45) is 2.97. The van der Waals surface area contributed by atoms with Crippen molar-refractivity contribution in [2.45, 2.75) is 0 Å². The number of hydrogen-bond acceptors (Lipinski definition) is 5. The lowest BCUT2D eigenvalue weighted by Crippen LogP contribution is -2.05. The molecule has 0 aliphatic heterocycles. The Kier molecular flexibility index (Phi) is 3.76. The molecule has 0 bridgehead atoms. The third kappa shape index (κ3) is 2.52. The number of benzene rings is 1. The molecule has 0 radical (unpaired) electrons. The van der Waals surface area contributed by atoms with Crippen molar-refractivity contribution in [1.82, 2.24) is 15.2 Å². The number of fused-ring (bicyclic) bond motifs is 1. The summed E-state index contributed by atoms with van der Waals surface area (Å²) in [6.45, 7) is 0. The normalized spacial score (nSPS) is 10.7. The molecular formula is C14H9BrFN3O3. The zero-order valence-electron chi connectivity index (χ0n) is 11.3. The highest BCUT2D eigenvalue weighted by atomic mass is 79.9.